The highest BCUT2D eigenvalue weighted by molar-refractivity contribution is 7.92. The number of esters is 1. The largest absolute Gasteiger partial charge is 0.452 e. The van der Waals surface area contributed by atoms with Crippen molar-refractivity contribution in [3.63, 3.8) is 0 Å². The van der Waals surface area contributed by atoms with Gasteiger partial charge in [0, 0.05) is 18.1 Å². The summed E-state index contributed by atoms with van der Waals surface area (Å²) in [6.45, 7) is 4.97. The number of rotatable bonds is 8. The molecule has 0 atom stereocenters. The van der Waals surface area contributed by atoms with Gasteiger partial charge in [-0.05, 0) is 42.5 Å². The van der Waals surface area contributed by atoms with E-state index in [1.165, 1.54) is 30.3 Å². The van der Waals surface area contributed by atoms with E-state index in [1.54, 1.807) is 29.2 Å². The second kappa shape index (κ2) is 10.6. The number of nitrogens with zero attached hydrogens (tertiary/aromatic N) is 2. The van der Waals surface area contributed by atoms with Gasteiger partial charge >= 0.3 is 5.97 Å². The van der Waals surface area contributed by atoms with E-state index >= 15 is 0 Å². The molecule has 0 radical (unpaired) electrons. The van der Waals surface area contributed by atoms with Gasteiger partial charge in [-0.3, -0.25) is 9.10 Å². The van der Waals surface area contributed by atoms with E-state index in [2.05, 4.69) is 6.58 Å². The molecule has 1 fully saturated rings. The summed E-state index contributed by atoms with van der Waals surface area (Å²) < 4.78 is 38.0. The highest BCUT2D eigenvalue weighted by Crippen LogP contribution is 2.26. The molecule has 32 heavy (non-hydrogen) atoms. The van der Waals surface area contributed by atoms with Crippen LogP contribution < -0.4 is 4.31 Å². The van der Waals surface area contributed by atoms with Crippen LogP contribution in [0.25, 0.3) is 0 Å². The molecule has 10 heteroatoms. The van der Waals surface area contributed by atoms with E-state index < -0.39 is 22.6 Å². The number of ether oxygens (including phenoxy) is 2. The molecule has 0 unspecified atom stereocenters. The van der Waals surface area contributed by atoms with E-state index in [0.29, 0.717) is 37.0 Å². The zero-order valence-electron chi connectivity index (χ0n) is 17.3. The lowest BCUT2D eigenvalue weighted by Gasteiger charge is -2.26. The van der Waals surface area contributed by atoms with Gasteiger partial charge in [-0.1, -0.05) is 23.7 Å². The average Bonchev–Trinajstić information content (AvgIpc) is 2.82. The summed E-state index contributed by atoms with van der Waals surface area (Å²) in [7, 11) is -4.01. The highest BCUT2D eigenvalue weighted by Gasteiger charge is 2.25. The number of halogens is 1. The molecule has 3 rings (SSSR count). The van der Waals surface area contributed by atoms with Gasteiger partial charge in [-0.25, -0.2) is 13.2 Å². The molecule has 0 saturated carbocycles. The molecule has 0 bridgehead atoms. The Morgan fingerprint density at radius 3 is 2.50 bits per heavy atom. The zero-order valence-corrected chi connectivity index (χ0v) is 18.8. The second-order valence-electron chi connectivity index (χ2n) is 6.90. The minimum absolute atomic E-state index is 0.0205. The molecule has 1 aliphatic rings. The average molecular weight is 479 g/mol. The van der Waals surface area contributed by atoms with Gasteiger partial charge in [0.1, 0.15) is 0 Å². The Morgan fingerprint density at radius 1 is 1.16 bits per heavy atom. The number of anilines is 1. The lowest BCUT2D eigenvalue weighted by atomic mass is 10.2. The van der Waals surface area contributed by atoms with E-state index in [4.69, 9.17) is 21.1 Å². The Hall–Kier alpha value is -2.88. The van der Waals surface area contributed by atoms with Gasteiger partial charge in [-0.15, -0.1) is 6.58 Å². The van der Waals surface area contributed by atoms with Crippen molar-refractivity contribution in [3.8, 4) is 0 Å². The molecule has 0 aliphatic carbocycles. The maximum atomic E-state index is 13.3. The fourth-order valence-corrected chi connectivity index (χ4v) is 4.70. The number of benzene rings is 2. The van der Waals surface area contributed by atoms with Crippen LogP contribution >= 0.6 is 11.6 Å². The van der Waals surface area contributed by atoms with Gasteiger partial charge in [0.2, 0.25) is 0 Å². The molecule has 8 nitrogen and oxygen atoms in total. The first-order valence-corrected chi connectivity index (χ1v) is 11.7. The van der Waals surface area contributed by atoms with Crippen molar-refractivity contribution in [3.05, 3.63) is 71.8 Å². The van der Waals surface area contributed by atoms with Crippen LogP contribution in [0.15, 0.2) is 66.1 Å². The molecule has 0 N–H and O–H groups in total. The van der Waals surface area contributed by atoms with Crippen LogP contribution in [-0.2, 0) is 24.3 Å². The Labute approximate surface area is 192 Å². The van der Waals surface area contributed by atoms with Gasteiger partial charge in [0.25, 0.3) is 15.9 Å². The monoisotopic (exact) mass is 478 g/mol. The maximum Gasteiger partial charge on any atom is 0.338 e. The second-order valence-corrected chi connectivity index (χ2v) is 9.20. The third kappa shape index (κ3) is 5.67. The standard InChI is InChI=1S/C22H23ClN2O6S/c1-2-10-25(19-8-6-18(23)7-9-19)32(28,29)20-5-3-4-17(15-20)22(27)31-16-21(26)24-11-13-30-14-12-24/h2-9,15H,1,10-14,16H2. The summed E-state index contributed by atoms with van der Waals surface area (Å²) in [4.78, 5) is 26.1. The van der Waals surface area contributed by atoms with Crippen LogP contribution in [0.5, 0.6) is 0 Å². The summed E-state index contributed by atoms with van der Waals surface area (Å²) in [5.41, 5.74) is 0.425. The van der Waals surface area contributed by atoms with Crippen molar-refractivity contribution in [2.24, 2.45) is 0 Å². The Morgan fingerprint density at radius 2 is 1.84 bits per heavy atom. The summed E-state index contributed by atoms with van der Waals surface area (Å²) >= 11 is 5.91. The topological polar surface area (TPSA) is 93.2 Å². The molecule has 0 spiro atoms. The number of sulfonamides is 1. The number of hydrogen-bond donors (Lipinski definition) is 0. The number of carbonyl (C=O) groups is 2. The fraction of sp³-hybridized carbons (Fsp3) is 0.273. The lowest BCUT2D eigenvalue weighted by molar-refractivity contribution is -0.138. The van der Waals surface area contributed by atoms with Crippen molar-refractivity contribution >= 4 is 39.2 Å². The molecular weight excluding hydrogens is 456 g/mol. The fourth-order valence-electron chi connectivity index (χ4n) is 3.09. The van der Waals surface area contributed by atoms with Crippen LogP contribution in [0, 0.1) is 0 Å². The molecule has 1 aliphatic heterocycles. The number of amides is 1. The molecule has 2 aromatic carbocycles. The van der Waals surface area contributed by atoms with Crippen molar-refractivity contribution in [2.75, 3.05) is 43.8 Å². The van der Waals surface area contributed by atoms with Crippen LogP contribution in [0.4, 0.5) is 5.69 Å². The lowest BCUT2D eigenvalue weighted by Crippen LogP contribution is -2.42. The predicted molar refractivity (Wildman–Crippen MR) is 120 cm³/mol. The van der Waals surface area contributed by atoms with Gasteiger partial charge < -0.3 is 14.4 Å². The van der Waals surface area contributed by atoms with Crippen molar-refractivity contribution in [1.29, 1.82) is 0 Å². The van der Waals surface area contributed by atoms with Gasteiger partial charge in [0.05, 0.1) is 35.9 Å². The molecule has 1 amide bonds. The molecule has 1 saturated heterocycles. The third-order valence-corrected chi connectivity index (χ3v) is 6.80. The summed E-state index contributed by atoms with van der Waals surface area (Å²) in [5, 5.41) is 0.473. The predicted octanol–water partition coefficient (Wildman–Crippen LogP) is 2.74. The first-order valence-electron chi connectivity index (χ1n) is 9.85. The molecule has 2 aromatic rings. The van der Waals surface area contributed by atoms with Crippen LogP contribution in [0.3, 0.4) is 0 Å². The first kappa shape index (κ1) is 23.8. The number of carbonyl (C=O) groups excluding carboxylic acids is 2. The van der Waals surface area contributed by atoms with Crippen LogP contribution in [0.2, 0.25) is 5.02 Å². The molecule has 1 heterocycles. The van der Waals surface area contributed by atoms with Gasteiger partial charge in [0.15, 0.2) is 6.61 Å². The van der Waals surface area contributed by atoms with E-state index in [9.17, 15) is 18.0 Å². The molecular formula is C22H23ClN2O6S. The number of morpholine rings is 1. The van der Waals surface area contributed by atoms with Crippen LogP contribution in [0.1, 0.15) is 10.4 Å². The Kier molecular flexibility index (Phi) is 7.89. The Bertz CT molecular complexity index is 1080. The first-order chi connectivity index (χ1) is 15.3. The summed E-state index contributed by atoms with van der Waals surface area (Å²) in [5.74, 6) is -1.12. The minimum atomic E-state index is -4.01. The van der Waals surface area contributed by atoms with Crippen molar-refractivity contribution in [1.82, 2.24) is 4.90 Å². The van der Waals surface area contributed by atoms with E-state index in [-0.39, 0.29) is 22.9 Å². The quantitative estimate of drug-likeness (QED) is 0.428. The highest BCUT2D eigenvalue weighted by atomic mass is 35.5. The number of hydrogen-bond acceptors (Lipinski definition) is 6. The van der Waals surface area contributed by atoms with Crippen LogP contribution in [-0.4, -0.2) is 64.6 Å². The van der Waals surface area contributed by atoms with Crippen molar-refractivity contribution in [2.45, 2.75) is 4.90 Å². The van der Waals surface area contributed by atoms with E-state index in [0.717, 1.165) is 4.31 Å². The normalized spacial score (nSPS) is 14.0. The zero-order chi connectivity index (χ0) is 23.1. The van der Waals surface area contributed by atoms with Gasteiger partial charge in [-0.2, -0.15) is 0 Å². The minimum Gasteiger partial charge on any atom is -0.452 e. The smallest absolute Gasteiger partial charge is 0.338 e. The maximum absolute atomic E-state index is 13.3. The summed E-state index contributed by atoms with van der Waals surface area (Å²) in [6, 6.07) is 11.8. The molecule has 0 aromatic heterocycles. The Balaban J connectivity index is 1.76. The van der Waals surface area contributed by atoms with E-state index in [1.807, 2.05) is 0 Å². The third-order valence-electron chi connectivity index (χ3n) is 4.76. The van der Waals surface area contributed by atoms with Crippen molar-refractivity contribution < 1.29 is 27.5 Å². The summed E-state index contributed by atoms with van der Waals surface area (Å²) in [6.07, 6.45) is 1.46. The SMILES string of the molecule is C=CCN(c1ccc(Cl)cc1)S(=O)(=O)c1cccc(C(=O)OCC(=O)N2CCOCC2)c1. The molecule has 170 valence electrons.